The molecule has 4 aromatic rings. The third-order valence-corrected chi connectivity index (χ3v) is 10.3. The second kappa shape index (κ2) is 18.7. The zero-order valence-electron chi connectivity index (χ0n) is 29.6. The number of ether oxygens (including phenoxy) is 2. The molecule has 1 unspecified atom stereocenters. The highest BCUT2D eigenvalue weighted by Crippen LogP contribution is 2.30. The molecular formula is C42H48BrN3O5. The Morgan fingerprint density at radius 1 is 0.804 bits per heavy atom. The van der Waals surface area contributed by atoms with Gasteiger partial charge in [-0.15, -0.1) is 0 Å². The first-order chi connectivity index (χ1) is 24.7. The Bertz CT molecular complexity index is 1760. The van der Waals surface area contributed by atoms with Crippen molar-refractivity contribution in [3.05, 3.63) is 129 Å². The van der Waals surface area contributed by atoms with Crippen LogP contribution in [0.25, 0.3) is 0 Å². The van der Waals surface area contributed by atoms with Gasteiger partial charge in [-0.3, -0.25) is 14.5 Å². The molecule has 0 spiro atoms. The van der Waals surface area contributed by atoms with Gasteiger partial charge in [0.1, 0.15) is 13.2 Å². The molecule has 51 heavy (non-hydrogen) atoms. The summed E-state index contributed by atoms with van der Waals surface area (Å²) in [5.41, 5.74) is 11.2. The second-order valence-corrected chi connectivity index (χ2v) is 13.9. The predicted molar refractivity (Wildman–Crippen MR) is 206 cm³/mol. The van der Waals surface area contributed by atoms with E-state index < -0.39 is 11.9 Å². The number of anilines is 2. The Labute approximate surface area is 310 Å². The van der Waals surface area contributed by atoms with Crippen LogP contribution in [0.4, 0.5) is 11.4 Å². The van der Waals surface area contributed by atoms with Crippen LogP contribution in [0.15, 0.2) is 102 Å². The van der Waals surface area contributed by atoms with Crippen LogP contribution in [0.3, 0.4) is 0 Å². The Morgan fingerprint density at radius 3 is 2.14 bits per heavy atom. The number of nitrogens with two attached hydrogens (primary N) is 1. The molecule has 4 aromatic carbocycles. The number of halogens is 1. The number of para-hydroxylation sites is 1. The molecule has 2 N–H and O–H groups in total. The van der Waals surface area contributed by atoms with Gasteiger partial charge in [0.15, 0.2) is 5.78 Å². The SMILES string of the molecule is CCN(Cc1cc(C(=O)OCCN(CCOC(=O)C(C)c2cccc(C(=O)c3ccccc3)c2)c2ccccc2)cc(Br)c1N)C1CCCCC1. The van der Waals surface area contributed by atoms with Gasteiger partial charge < -0.3 is 20.1 Å². The number of rotatable bonds is 16. The molecule has 8 nitrogen and oxygen atoms in total. The third-order valence-electron chi connectivity index (χ3n) is 9.68. The van der Waals surface area contributed by atoms with Crippen molar-refractivity contribution in [3.8, 4) is 0 Å². The third kappa shape index (κ3) is 10.3. The van der Waals surface area contributed by atoms with E-state index in [4.69, 9.17) is 15.2 Å². The Kier molecular flexibility index (Phi) is 13.8. The predicted octanol–water partition coefficient (Wildman–Crippen LogP) is 8.43. The minimum absolute atomic E-state index is 0.0977. The van der Waals surface area contributed by atoms with Gasteiger partial charge in [-0.25, -0.2) is 4.79 Å². The summed E-state index contributed by atoms with van der Waals surface area (Å²) >= 11 is 3.56. The van der Waals surface area contributed by atoms with Crippen LogP contribution in [0.5, 0.6) is 0 Å². The Hall–Kier alpha value is -4.47. The number of nitrogens with zero attached hydrogens (tertiary/aromatic N) is 2. The van der Waals surface area contributed by atoms with Crippen molar-refractivity contribution in [1.82, 2.24) is 4.90 Å². The maximum atomic E-state index is 13.3. The van der Waals surface area contributed by atoms with Gasteiger partial charge >= 0.3 is 11.9 Å². The van der Waals surface area contributed by atoms with Crippen LogP contribution >= 0.6 is 15.9 Å². The molecule has 0 aromatic heterocycles. The smallest absolute Gasteiger partial charge is 0.338 e. The average molecular weight is 755 g/mol. The average Bonchev–Trinajstić information content (AvgIpc) is 3.18. The zero-order valence-corrected chi connectivity index (χ0v) is 31.1. The summed E-state index contributed by atoms with van der Waals surface area (Å²) in [6, 6.07) is 30.1. The van der Waals surface area contributed by atoms with E-state index in [1.807, 2.05) is 65.6 Å². The number of hydrogen-bond acceptors (Lipinski definition) is 8. The molecule has 0 saturated heterocycles. The Morgan fingerprint density at radius 2 is 1.45 bits per heavy atom. The molecule has 268 valence electrons. The molecule has 0 bridgehead atoms. The first-order valence-corrected chi connectivity index (χ1v) is 18.7. The summed E-state index contributed by atoms with van der Waals surface area (Å²) in [7, 11) is 0. The van der Waals surface area contributed by atoms with E-state index >= 15 is 0 Å². The van der Waals surface area contributed by atoms with E-state index in [1.165, 1.54) is 32.1 Å². The van der Waals surface area contributed by atoms with Crippen molar-refractivity contribution in [2.24, 2.45) is 0 Å². The maximum Gasteiger partial charge on any atom is 0.338 e. The highest BCUT2D eigenvalue weighted by Gasteiger charge is 2.23. The molecular weight excluding hydrogens is 706 g/mol. The minimum atomic E-state index is -0.559. The summed E-state index contributed by atoms with van der Waals surface area (Å²) in [6.45, 7) is 6.64. The quantitative estimate of drug-likeness (QED) is 0.0692. The number of hydrogen-bond donors (Lipinski definition) is 1. The normalized spacial score (nSPS) is 13.8. The van der Waals surface area contributed by atoms with Gasteiger partial charge in [0.05, 0.1) is 30.3 Å². The highest BCUT2D eigenvalue weighted by atomic mass is 79.9. The molecule has 1 saturated carbocycles. The van der Waals surface area contributed by atoms with Crippen molar-refractivity contribution in [3.63, 3.8) is 0 Å². The first-order valence-electron chi connectivity index (χ1n) is 17.9. The van der Waals surface area contributed by atoms with Gasteiger partial charge in [0.25, 0.3) is 0 Å². The standard InChI is InChI=1S/C42H48BrN3O5/c1-3-45(36-18-9-5-10-19-36)29-35-27-34(28-38(43)39(35)44)42(49)51-25-23-46(37-20-11-6-12-21-37)22-24-50-41(48)30(2)32-16-13-17-33(26-32)40(47)31-14-7-4-8-15-31/h4,6-8,11-17,20-21,26-28,30,36H,3,5,9-10,18-19,22-25,29,44H2,1-2H3. The van der Waals surface area contributed by atoms with Crippen molar-refractivity contribution in [2.45, 2.75) is 64.5 Å². The van der Waals surface area contributed by atoms with Gasteiger partial charge in [0.2, 0.25) is 0 Å². The van der Waals surface area contributed by atoms with Crippen molar-refractivity contribution in [1.29, 1.82) is 0 Å². The maximum absolute atomic E-state index is 13.3. The van der Waals surface area contributed by atoms with Crippen molar-refractivity contribution >= 4 is 45.0 Å². The fourth-order valence-electron chi connectivity index (χ4n) is 6.65. The van der Waals surface area contributed by atoms with E-state index in [2.05, 4.69) is 27.8 Å². The molecule has 0 radical (unpaired) electrons. The number of ketones is 1. The van der Waals surface area contributed by atoms with Crippen molar-refractivity contribution < 1.29 is 23.9 Å². The van der Waals surface area contributed by atoms with Gasteiger partial charge in [0, 0.05) is 33.9 Å². The van der Waals surface area contributed by atoms with E-state index in [0.717, 1.165) is 17.8 Å². The van der Waals surface area contributed by atoms with Crippen LogP contribution in [0.2, 0.25) is 0 Å². The molecule has 0 aliphatic heterocycles. The second-order valence-electron chi connectivity index (χ2n) is 13.1. The lowest BCUT2D eigenvalue weighted by atomic mass is 9.93. The lowest BCUT2D eigenvalue weighted by Crippen LogP contribution is -2.36. The Balaban J connectivity index is 1.17. The largest absolute Gasteiger partial charge is 0.463 e. The molecule has 1 aliphatic carbocycles. The lowest BCUT2D eigenvalue weighted by molar-refractivity contribution is -0.144. The molecule has 0 amide bonds. The number of nitrogen functional groups attached to an aromatic ring is 1. The van der Waals surface area contributed by atoms with Crippen LogP contribution in [-0.2, 0) is 20.8 Å². The molecule has 1 fully saturated rings. The monoisotopic (exact) mass is 753 g/mol. The highest BCUT2D eigenvalue weighted by molar-refractivity contribution is 9.10. The number of carbonyl (C=O) groups excluding carboxylic acids is 3. The topological polar surface area (TPSA) is 102 Å². The molecule has 0 heterocycles. The lowest BCUT2D eigenvalue weighted by Gasteiger charge is -2.34. The fourth-order valence-corrected chi connectivity index (χ4v) is 7.15. The van der Waals surface area contributed by atoms with Gasteiger partial charge in [-0.1, -0.05) is 92.9 Å². The number of benzene rings is 4. The van der Waals surface area contributed by atoms with E-state index in [-0.39, 0.29) is 25.0 Å². The van der Waals surface area contributed by atoms with Crippen LogP contribution in [0, 0.1) is 0 Å². The van der Waals surface area contributed by atoms with Gasteiger partial charge in [-0.2, -0.15) is 0 Å². The van der Waals surface area contributed by atoms with E-state index in [9.17, 15) is 14.4 Å². The summed E-state index contributed by atoms with van der Waals surface area (Å²) in [5.74, 6) is -1.46. The number of carbonyl (C=O) groups is 3. The molecule has 1 aliphatic rings. The van der Waals surface area contributed by atoms with Crippen LogP contribution in [0.1, 0.15) is 89.3 Å². The summed E-state index contributed by atoms with van der Waals surface area (Å²) in [4.78, 5) is 43.9. The summed E-state index contributed by atoms with van der Waals surface area (Å²) < 4.78 is 12.2. The van der Waals surface area contributed by atoms with E-state index in [0.29, 0.717) is 58.1 Å². The molecule has 9 heteroatoms. The summed E-state index contributed by atoms with van der Waals surface area (Å²) in [5, 5.41) is 0. The summed E-state index contributed by atoms with van der Waals surface area (Å²) in [6.07, 6.45) is 6.18. The fraction of sp³-hybridized carbons (Fsp3) is 0.357. The zero-order chi connectivity index (χ0) is 36.2. The van der Waals surface area contributed by atoms with Crippen LogP contribution in [-0.4, -0.2) is 61.5 Å². The first kappa shape index (κ1) is 37.8. The molecule has 5 rings (SSSR count). The van der Waals surface area contributed by atoms with Crippen LogP contribution < -0.4 is 10.6 Å². The van der Waals surface area contributed by atoms with E-state index in [1.54, 1.807) is 43.3 Å². The molecule has 1 atom stereocenters. The minimum Gasteiger partial charge on any atom is -0.463 e. The van der Waals surface area contributed by atoms with Gasteiger partial charge in [-0.05, 0) is 83.7 Å². The van der Waals surface area contributed by atoms with Crippen molar-refractivity contribution in [2.75, 3.05) is 43.5 Å². The number of esters is 2.